The van der Waals surface area contributed by atoms with Gasteiger partial charge in [-0.25, -0.2) is 9.78 Å². The van der Waals surface area contributed by atoms with Crippen molar-refractivity contribution < 1.29 is 24.1 Å². The number of halogens is 2. The highest BCUT2D eigenvalue weighted by atomic mass is 79.9. The first-order chi connectivity index (χ1) is 19.6. The van der Waals surface area contributed by atoms with E-state index in [2.05, 4.69) is 50.8 Å². The number of hydrogen-bond acceptors (Lipinski definition) is 7. The molecule has 0 aliphatic carbocycles. The van der Waals surface area contributed by atoms with E-state index in [-0.39, 0.29) is 23.0 Å². The highest BCUT2D eigenvalue weighted by Gasteiger charge is 2.20. The molecule has 11 heteroatoms. The smallest absolute Gasteiger partial charge is 0.341 e. The minimum absolute atomic E-state index is 0.169. The number of aliphatic carboxylic acids is 1. The third-order valence-corrected chi connectivity index (χ3v) is 8.44. The molecule has 1 heterocycles. The number of fused-ring (bicyclic) bond motifs is 1. The van der Waals surface area contributed by atoms with Gasteiger partial charge >= 0.3 is 5.97 Å². The number of carbonyl (C=O) groups is 1. The second-order valence-corrected chi connectivity index (χ2v) is 11.0. The second-order valence-electron chi connectivity index (χ2n) is 9.41. The van der Waals surface area contributed by atoms with E-state index >= 15 is 0 Å². The molecule has 0 aliphatic heterocycles. The molecule has 0 atom stereocenters. The predicted octanol–water partition coefficient (Wildman–Crippen LogP) is 6.77. The lowest BCUT2D eigenvalue weighted by atomic mass is 9.96. The van der Waals surface area contributed by atoms with Crippen molar-refractivity contribution in [2.45, 2.75) is 33.6 Å². The van der Waals surface area contributed by atoms with E-state index in [1.54, 1.807) is 24.3 Å². The molecule has 0 bridgehead atoms. The van der Waals surface area contributed by atoms with Gasteiger partial charge in [-0.05, 0) is 93.1 Å². The number of nitrogens with zero attached hydrogens (tertiary/aromatic N) is 3. The van der Waals surface area contributed by atoms with Crippen molar-refractivity contribution >= 4 is 54.9 Å². The summed E-state index contributed by atoms with van der Waals surface area (Å²) in [6.07, 6.45) is 1.51. The number of benzene rings is 3. The summed E-state index contributed by atoms with van der Waals surface area (Å²) in [5, 5.41) is 14.1. The number of methoxy groups -OCH3 is 1. The van der Waals surface area contributed by atoms with Crippen LogP contribution in [0.4, 0.5) is 0 Å². The Balaban J connectivity index is 1.93. The molecule has 41 heavy (non-hydrogen) atoms. The standard InChI is InChI=1S/C30H29Br2N3O6/c1-6-40-23-11-17(4)21(13-20(23)16(2)3)29-34-22-10-8-7-9-19(22)30(38)35(29)33-14-18-12-24(39-5)28(27(32)26(18)31)41-15-25(36)37/h7-14,16H,6,15H2,1-5H3,(H,36,37). The van der Waals surface area contributed by atoms with Crippen molar-refractivity contribution in [2.24, 2.45) is 5.10 Å². The minimum Gasteiger partial charge on any atom is -0.494 e. The number of ether oxygens (including phenoxy) is 3. The van der Waals surface area contributed by atoms with Gasteiger partial charge < -0.3 is 19.3 Å². The fourth-order valence-electron chi connectivity index (χ4n) is 4.31. The largest absolute Gasteiger partial charge is 0.494 e. The van der Waals surface area contributed by atoms with Crippen LogP contribution in [0.1, 0.15) is 43.4 Å². The molecule has 214 valence electrons. The number of para-hydroxylation sites is 1. The Labute approximate surface area is 254 Å². The van der Waals surface area contributed by atoms with Gasteiger partial charge in [0.15, 0.2) is 23.9 Å². The maximum Gasteiger partial charge on any atom is 0.341 e. The first-order valence-electron chi connectivity index (χ1n) is 12.8. The van der Waals surface area contributed by atoms with Crippen LogP contribution >= 0.6 is 31.9 Å². The highest BCUT2D eigenvalue weighted by molar-refractivity contribution is 9.13. The van der Waals surface area contributed by atoms with Gasteiger partial charge in [0.25, 0.3) is 5.56 Å². The summed E-state index contributed by atoms with van der Waals surface area (Å²) in [6, 6.07) is 12.8. The molecule has 0 aliphatic rings. The van der Waals surface area contributed by atoms with Crippen molar-refractivity contribution in [2.75, 3.05) is 20.3 Å². The van der Waals surface area contributed by atoms with Crippen molar-refractivity contribution in [3.8, 4) is 28.6 Å². The average Bonchev–Trinajstić information content (AvgIpc) is 2.94. The third-order valence-electron chi connectivity index (χ3n) is 6.30. The summed E-state index contributed by atoms with van der Waals surface area (Å²) in [7, 11) is 1.45. The van der Waals surface area contributed by atoms with Crippen LogP contribution in [0.25, 0.3) is 22.3 Å². The van der Waals surface area contributed by atoms with E-state index in [1.807, 2.05) is 32.0 Å². The third kappa shape index (κ3) is 6.31. The minimum atomic E-state index is -1.12. The molecule has 0 radical (unpaired) electrons. The van der Waals surface area contributed by atoms with Gasteiger partial charge in [0.2, 0.25) is 0 Å². The van der Waals surface area contributed by atoms with E-state index < -0.39 is 12.6 Å². The molecule has 4 rings (SSSR count). The molecule has 0 spiro atoms. The Kier molecular flexibility index (Phi) is 9.49. The van der Waals surface area contributed by atoms with Crippen LogP contribution in [-0.4, -0.2) is 47.3 Å². The van der Waals surface area contributed by atoms with E-state index in [0.29, 0.717) is 37.8 Å². The Morgan fingerprint density at radius 3 is 2.51 bits per heavy atom. The zero-order valence-corrected chi connectivity index (χ0v) is 26.4. The molecule has 0 saturated carbocycles. The van der Waals surface area contributed by atoms with E-state index in [1.165, 1.54) is 18.0 Å². The predicted molar refractivity (Wildman–Crippen MR) is 166 cm³/mol. The molecule has 0 unspecified atom stereocenters. The van der Waals surface area contributed by atoms with Gasteiger partial charge in [0.05, 0.1) is 35.3 Å². The summed E-state index contributed by atoms with van der Waals surface area (Å²) < 4.78 is 19.0. The fraction of sp³-hybridized carbons (Fsp3) is 0.267. The summed E-state index contributed by atoms with van der Waals surface area (Å²) in [6.45, 7) is 8.06. The van der Waals surface area contributed by atoms with Crippen LogP contribution in [0.2, 0.25) is 0 Å². The summed E-state index contributed by atoms with van der Waals surface area (Å²) in [5.41, 5.74) is 3.42. The number of carboxylic acid groups (broad SMARTS) is 1. The van der Waals surface area contributed by atoms with Gasteiger partial charge in [0, 0.05) is 15.6 Å². The molecule has 1 aromatic heterocycles. The van der Waals surface area contributed by atoms with Crippen LogP contribution in [0.5, 0.6) is 17.2 Å². The molecule has 0 amide bonds. The molecular weight excluding hydrogens is 658 g/mol. The Bertz CT molecular complexity index is 1720. The summed E-state index contributed by atoms with van der Waals surface area (Å²) in [5.74, 6) is 0.736. The number of aromatic nitrogens is 2. The van der Waals surface area contributed by atoms with Crippen molar-refractivity contribution in [1.29, 1.82) is 0 Å². The van der Waals surface area contributed by atoms with Crippen molar-refractivity contribution in [3.63, 3.8) is 0 Å². The SMILES string of the molecule is CCOc1cc(C)c(-c2nc3ccccc3c(=O)n2N=Cc2cc(OC)c(OCC(=O)O)c(Br)c2Br)cc1C(C)C. The maximum atomic E-state index is 13.8. The van der Waals surface area contributed by atoms with Crippen molar-refractivity contribution in [3.05, 3.63) is 78.5 Å². The Morgan fingerprint density at radius 1 is 1.12 bits per heavy atom. The lowest BCUT2D eigenvalue weighted by Crippen LogP contribution is -2.21. The molecule has 0 fully saturated rings. The maximum absolute atomic E-state index is 13.8. The molecule has 9 nitrogen and oxygen atoms in total. The normalized spacial score (nSPS) is 11.4. The van der Waals surface area contributed by atoms with Gasteiger partial charge in [-0.1, -0.05) is 26.0 Å². The second kappa shape index (κ2) is 12.9. The van der Waals surface area contributed by atoms with Crippen LogP contribution in [-0.2, 0) is 4.79 Å². The van der Waals surface area contributed by atoms with E-state index in [4.69, 9.17) is 24.3 Å². The fourth-order valence-corrected chi connectivity index (χ4v) is 5.25. The van der Waals surface area contributed by atoms with Gasteiger partial charge in [0.1, 0.15) is 5.75 Å². The number of hydrogen-bond donors (Lipinski definition) is 1. The Hall–Kier alpha value is -3.70. The molecular formula is C30H29Br2N3O6. The number of rotatable bonds is 10. The van der Waals surface area contributed by atoms with E-state index in [0.717, 1.165) is 22.4 Å². The van der Waals surface area contributed by atoms with Gasteiger partial charge in [-0.15, -0.1) is 0 Å². The number of aryl methyl sites for hydroxylation is 1. The average molecular weight is 687 g/mol. The Morgan fingerprint density at radius 2 is 1.85 bits per heavy atom. The lowest BCUT2D eigenvalue weighted by Gasteiger charge is -2.18. The van der Waals surface area contributed by atoms with Crippen LogP contribution in [0, 0.1) is 6.92 Å². The molecule has 3 aromatic carbocycles. The van der Waals surface area contributed by atoms with Gasteiger partial charge in [-0.2, -0.15) is 9.78 Å². The first kappa shape index (κ1) is 30.3. The van der Waals surface area contributed by atoms with Crippen LogP contribution < -0.4 is 19.8 Å². The molecule has 1 N–H and O–H groups in total. The molecule has 0 saturated heterocycles. The topological polar surface area (TPSA) is 112 Å². The monoisotopic (exact) mass is 685 g/mol. The highest BCUT2D eigenvalue weighted by Crippen LogP contribution is 2.42. The molecule has 4 aromatic rings. The quantitative estimate of drug-likeness (QED) is 0.183. The van der Waals surface area contributed by atoms with Crippen LogP contribution in [0.3, 0.4) is 0 Å². The van der Waals surface area contributed by atoms with Crippen LogP contribution in [0.15, 0.2) is 61.3 Å². The van der Waals surface area contributed by atoms with Gasteiger partial charge in [-0.3, -0.25) is 4.79 Å². The number of carboxylic acids is 1. The first-order valence-corrected chi connectivity index (χ1v) is 14.4. The summed E-state index contributed by atoms with van der Waals surface area (Å²) >= 11 is 6.97. The van der Waals surface area contributed by atoms with E-state index in [9.17, 15) is 9.59 Å². The zero-order valence-electron chi connectivity index (χ0n) is 23.2. The summed E-state index contributed by atoms with van der Waals surface area (Å²) in [4.78, 5) is 29.7. The zero-order chi connectivity index (χ0) is 29.8. The lowest BCUT2D eigenvalue weighted by molar-refractivity contribution is -0.139. The van der Waals surface area contributed by atoms with Crippen molar-refractivity contribution in [1.82, 2.24) is 9.66 Å².